The molecular formula is C16H14N4O2. The zero-order valence-electron chi connectivity index (χ0n) is 12.2. The quantitative estimate of drug-likeness (QED) is 0.704. The molecule has 2 N–H and O–H groups in total. The minimum absolute atomic E-state index is 0.102. The van der Waals surface area contributed by atoms with Crippen LogP contribution in [0.2, 0.25) is 0 Å². The molecule has 0 saturated carbocycles. The first-order chi connectivity index (χ1) is 10.6. The lowest BCUT2D eigenvalue weighted by molar-refractivity contribution is 0.0994. The maximum atomic E-state index is 11.9. The van der Waals surface area contributed by atoms with Crippen molar-refractivity contribution in [3.8, 4) is 5.88 Å². The number of aromatic hydroxyl groups is 1. The summed E-state index contributed by atoms with van der Waals surface area (Å²) in [5, 5.41) is 18.4. The minimum Gasteiger partial charge on any atom is -0.493 e. The lowest BCUT2D eigenvalue weighted by Crippen LogP contribution is -1.93. The van der Waals surface area contributed by atoms with Gasteiger partial charge in [0.2, 0.25) is 5.88 Å². The van der Waals surface area contributed by atoms with Crippen LogP contribution in [0, 0.1) is 13.8 Å². The molecule has 3 aromatic rings. The molecule has 1 aromatic carbocycles. The standard InChI is InChI=1S/C16H14N4O2/c1-9-5-6-10(2)13-12(9)14(16(22)18-13)19-20-15(21)11-4-3-7-17-8-11/h3-8,18,22H,1-2H3. The summed E-state index contributed by atoms with van der Waals surface area (Å²) in [6, 6.07) is 7.15. The number of nitrogens with zero attached hydrogens (tertiary/aromatic N) is 3. The molecule has 0 radical (unpaired) electrons. The van der Waals surface area contributed by atoms with Crippen molar-refractivity contribution in [2.75, 3.05) is 0 Å². The third-order valence-corrected chi connectivity index (χ3v) is 3.48. The maximum Gasteiger partial charge on any atom is 0.296 e. The Kier molecular flexibility index (Phi) is 3.42. The highest BCUT2D eigenvalue weighted by Crippen LogP contribution is 2.38. The third kappa shape index (κ3) is 2.35. The number of aromatic amines is 1. The summed E-state index contributed by atoms with van der Waals surface area (Å²) < 4.78 is 0. The molecule has 3 rings (SSSR count). The number of amides is 1. The number of carbonyl (C=O) groups excluding carboxylic acids is 1. The second-order valence-electron chi connectivity index (χ2n) is 5.02. The van der Waals surface area contributed by atoms with E-state index in [-0.39, 0.29) is 11.6 Å². The lowest BCUT2D eigenvalue weighted by Gasteiger charge is -1.99. The number of rotatable bonds is 2. The molecule has 2 heterocycles. The Morgan fingerprint density at radius 2 is 2.00 bits per heavy atom. The van der Waals surface area contributed by atoms with Gasteiger partial charge in [-0.25, -0.2) is 0 Å². The summed E-state index contributed by atoms with van der Waals surface area (Å²) in [4.78, 5) is 18.7. The van der Waals surface area contributed by atoms with Crippen LogP contribution in [0.3, 0.4) is 0 Å². The van der Waals surface area contributed by atoms with Crippen LogP contribution in [-0.2, 0) is 0 Å². The molecule has 2 aromatic heterocycles. The Morgan fingerprint density at radius 3 is 2.73 bits per heavy atom. The van der Waals surface area contributed by atoms with E-state index < -0.39 is 5.91 Å². The first-order valence-electron chi connectivity index (χ1n) is 6.75. The zero-order chi connectivity index (χ0) is 15.7. The molecule has 0 aliphatic rings. The molecule has 110 valence electrons. The summed E-state index contributed by atoms with van der Waals surface area (Å²) in [6.07, 6.45) is 3.00. The molecule has 0 spiro atoms. The van der Waals surface area contributed by atoms with Crippen LogP contribution in [0.1, 0.15) is 21.5 Å². The Balaban J connectivity index is 2.04. The SMILES string of the molecule is Cc1ccc(C)c2c(N=NC(=O)c3cccnc3)c(O)[nH]c12. The van der Waals surface area contributed by atoms with Gasteiger partial charge in [0.15, 0.2) is 5.69 Å². The normalized spacial score (nSPS) is 11.4. The molecule has 6 heteroatoms. The van der Waals surface area contributed by atoms with Gasteiger partial charge in [0, 0.05) is 17.8 Å². The number of aryl methyl sites for hydroxylation is 2. The number of pyridine rings is 1. The van der Waals surface area contributed by atoms with E-state index >= 15 is 0 Å². The molecule has 0 aliphatic carbocycles. The van der Waals surface area contributed by atoms with E-state index in [1.807, 2.05) is 26.0 Å². The molecule has 22 heavy (non-hydrogen) atoms. The third-order valence-electron chi connectivity index (χ3n) is 3.48. The van der Waals surface area contributed by atoms with Gasteiger partial charge in [0.25, 0.3) is 5.91 Å². The van der Waals surface area contributed by atoms with Gasteiger partial charge >= 0.3 is 0 Å². The summed E-state index contributed by atoms with van der Waals surface area (Å²) in [7, 11) is 0. The number of fused-ring (bicyclic) bond motifs is 1. The van der Waals surface area contributed by atoms with E-state index in [1.54, 1.807) is 18.3 Å². The molecule has 0 unspecified atom stereocenters. The number of carbonyl (C=O) groups is 1. The molecule has 0 atom stereocenters. The van der Waals surface area contributed by atoms with Crippen molar-refractivity contribution < 1.29 is 9.90 Å². The number of hydrogen-bond acceptors (Lipinski definition) is 4. The second-order valence-corrected chi connectivity index (χ2v) is 5.02. The molecule has 0 saturated heterocycles. The predicted molar refractivity (Wildman–Crippen MR) is 82.5 cm³/mol. The van der Waals surface area contributed by atoms with Gasteiger partial charge in [0.1, 0.15) is 0 Å². The average Bonchev–Trinajstić information content (AvgIpc) is 2.87. The van der Waals surface area contributed by atoms with Crippen molar-refractivity contribution in [3.63, 3.8) is 0 Å². The summed E-state index contributed by atoms with van der Waals surface area (Å²) in [5.74, 6) is -0.609. The summed E-state index contributed by atoms with van der Waals surface area (Å²) in [6.45, 7) is 3.84. The van der Waals surface area contributed by atoms with Crippen molar-refractivity contribution in [1.29, 1.82) is 0 Å². The highest BCUT2D eigenvalue weighted by Gasteiger charge is 2.15. The van der Waals surface area contributed by atoms with Gasteiger partial charge < -0.3 is 10.1 Å². The Labute approximate surface area is 126 Å². The fourth-order valence-electron chi connectivity index (χ4n) is 2.31. The highest BCUT2D eigenvalue weighted by atomic mass is 16.3. The first-order valence-corrected chi connectivity index (χ1v) is 6.75. The van der Waals surface area contributed by atoms with Crippen molar-refractivity contribution in [2.24, 2.45) is 10.2 Å². The van der Waals surface area contributed by atoms with Crippen molar-refractivity contribution in [1.82, 2.24) is 9.97 Å². The fraction of sp³-hybridized carbons (Fsp3) is 0.125. The van der Waals surface area contributed by atoms with Gasteiger partial charge in [-0.05, 0) is 37.1 Å². The van der Waals surface area contributed by atoms with Crippen molar-refractivity contribution >= 4 is 22.5 Å². The maximum absolute atomic E-state index is 11.9. The molecule has 6 nitrogen and oxygen atoms in total. The Bertz CT molecular complexity index is 882. The number of benzene rings is 1. The van der Waals surface area contributed by atoms with Crippen molar-refractivity contribution in [3.05, 3.63) is 53.3 Å². The number of hydrogen-bond donors (Lipinski definition) is 2. The average molecular weight is 294 g/mol. The smallest absolute Gasteiger partial charge is 0.296 e. The molecular weight excluding hydrogens is 280 g/mol. The topological polar surface area (TPSA) is 90.7 Å². The van der Waals surface area contributed by atoms with Gasteiger partial charge in [0.05, 0.1) is 11.1 Å². The van der Waals surface area contributed by atoms with E-state index in [9.17, 15) is 9.90 Å². The largest absolute Gasteiger partial charge is 0.493 e. The summed E-state index contributed by atoms with van der Waals surface area (Å²) >= 11 is 0. The number of aromatic nitrogens is 2. The van der Waals surface area contributed by atoms with Crippen LogP contribution in [0.15, 0.2) is 46.9 Å². The molecule has 0 fully saturated rings. The predicted octanol–water partition coefficient (Wildman–Crippen LogP) is 3.81. The Morgan fingerprint density at radius 1 is 1.23 bits per heavy atom. The van der Waals surface area contributed by atoms with Crippen LogP contribution in [0.5, 0.6) is 5.88 Å². The van der Waals surface area contributed by atoms with Crippen LogP contribution in [0.4, 0.5) is 5.69 Å². The van der Waals surface area contributed by atoms with E-state index in [1.165, 1.54) is 6.20 Å². The van der Waals surface area contributed by atoms with Crippen LogP contribution in [0.25, 0.3) is 10.9 Å². The van der Waals surface area contributed by atoms with E-state index in [0.717, 1.165) is 22.0 Å². The molecule has 0 aliphatic heterocycles. The van der Waals surface area contributed by atoms with Gasteiger partial charge in [-0.3, -0.25) is 9.78 Å². The van der Waals surface area contributed by atoms with Crippen molar-refractivity contribution in [2.45, 2.75) is 13.8 Å². The van der Waals surface area contributed by atoms with Gasteiger partial charge in [-0.15, -0.1) is 10.2 Å². The fourth-order valence-corrected chi connectivity index (χ4v) is 2.31. The highest BCUT2D eigenvalue weighted by molar-refractivity contribution is 5.99. The minimum atomic E-state index is -0.507. The molecule has 1 amide bonds. The Hall–Kier alpha value is -3.02. The monoisotopic (exact) mass is 294 g/mol. The van der Waals surface area contributed by atoms with Crippen LogP contribution < -0.4 is 0 Å². The van der Waals surface area contributed by atoms with Gasteiger partial charge in [-0.1, -0.05) is 12.1 Å². The number of azo groups is 1. The van der Waals surface area contributed by atoms with E-state index in [4.69, 9.17) is 0 Å². The zero-order valence-corrected chi connectivity index (χ0v) is 12.2. The molecule has 0 bridgehead atoms. The van der Waals surface area contributed by atoms with Crippen LogP contribution >= 0.6 is 0 Å². The van der Waals surface area contributed by atoms with Gasteiger partial charge in [-0.2, -0.15) is 0 Å². The second kappa shape index (κ2) is 5.40. The van der Waals surface area contributed by atoms with Crippen LogP contribution in [-0.4, -0.2) is 21.0 Å². The van der Waals surface area contributed by atoms with E-state index in [0.29, 0.717) is 5.56 Å². The first kappa shape index (κ1) is 13.9. The summed E-state index contributed by atoms with van der Waals surface area (Å²) in [5.41, 5.74) is 3.34. The lowest BCUT2D eigenvalue weighted by atomic mass is 10.1. The van der Waals surface area contributed by atoms with E-state index in [2.05, 4.69) is 20.2 Å². The number of H-pyrrole nitrogens is 1. The number of nitrogens with one attached hydrogen (secondary N) is 1.